The number of hydrogen-bond acceptors (Lipinski definition) is 2. The number of alkyl halides is 3. The number of hydrogen-bond donors (Lipinski definition) is 1. The number of halogens is 3. The summed E-state index contributed by atoms with van der Waals surface area (Å²) in [6, 6.07) is 0. The zero-order chi connectivity index (χ0) is 12.1. The lowest BCUT2D eigenvalue weighted by atomic mass is 10.2. The minimum atomic E-state index is -4.27. The Morgan fingerprint density at radius 3 is 2.33 bits per heavy atom. The molecule has 0 aliphatic rings. The fraction of sp³-hybridized carbons (Fsp3) is 0.889. The van der Waals surface area contributed by atoms with E-state index in [1.807, 2.05) is 13.8 Å². The molecular formula is C9H17F3N2O. The predicted octanol–water partition coefficient (Wildman–Crippen LogP) is 1.25. The van der Waals surface area contributed by atoms with E-state index >= 15 is 0 Å². The van der Waals surface area contributed by atoms with Gasteiger partial charge in [-0.2, -0.15) is 13.2 Å². The molecule has 0 bridgehead atoms. The van der Waals surface area contributed by atoms with Gasteiger partial charge in [-0.1, -0.05) is 13.8 Å². The molecule has 0 rings (SSSR count). The molecule has 6 heteroatoms. The van der Waals surface area contributed by atoms with Crippen LogP contribution in [0, 0.1) is 5.92 Å². The molecule has 0 aromatic carbocycles. The van der Waals surface area contributed by atoms with Gasteiger partial charge < -0.3 is 10.2 Å². The van der Waals surface area contributed by atoms with Gasteiger partial charge in [-0.25, -0.2) is 0 Å². The van der Waals surface area contributed by atoms with Gasteiger partial charge in [-0.05, 0) is 5.92 Å². The standard InChI is InChI=1S/C9H17F3N2O/c1-7(2)5-14(3)8(15)4-13-6-9(10,11)12/h7,13H,4-6H2,1-3H3. The summed E-state index contributed by atoms with van der Waals surface area (Å²) < 4.78 is 35.2. The molecule has 0 fully saturated rings. The minimum Gasteiger partial charge on any atom is -0.344 e. The van der Waals surface area contributed by atoms with Crippen molar-refractivity contribution in [2.45, 2.75) is 20.0 Å². The van der Waals surface area contributed by atoms with Crippen LogP contribution in [0.1, 0.15) is 13.8 Å². The smallest absolute Gasteiger partial charge is 0.344 e. The number of carbonyl (C=O) groups is 1. The van der Waals surface area contributed by atoms with Crippen LogP contribution in [0.4, 0.5) is 13.2 Å². The molecule has 0 unspecified atom stereocenters. The molecule has 0 aliphatic carbocycles. The van der Waals surface area contributed by atoms with Crippen LogP contribution in [0.15, 0.2) is 0 Å². The van der Waals surface area contributed by atoms with E-state index in [1.165, 1.54) is 4.90 Å². The molecule has 0 aromatic rings. The van der Waals surface area contributed by atoms with Gasteiger partial charge in [-0.3, -0.25) is 4.79 Å². The highest BCUT2D eigenvalue weighted by molar-refractivity contribution is 5.77. The molecule has 90 valence electrons. The van der Waals surface area contributed by atoms with E-state index in [9.17, 15) is 18.0 Å². The fourth-order valence-corrected chi connectivity index (χ4v) is 1.10. The van der Waals surface area contributed by atoms with Gasteiger partial charge in [0.15, 0.2) is 0 Å². The van der Waals surface area contributed by atoms with Crippen LogP contribution in [-0.4, -0.2) is 43.7 Å². The summed E-state index contributed by atoms with van der Waals surface area (Å²) in [5, 5.41) is 2.06. The molecule has 1 N–H and O–H groups in total. The average molecular weight is 226 g/mol. The fourth-order valence-electron chi connectivity index (χ4n) is 1.10. The second-order valence-electron chi connectivity index (χ2n) is 3.89. The first-order chi connectivity index (χ1) is 6.72. The summed E-state index contributed by atoms with van der Waals surface area (Å²) in [6.07, 6.45) is -4.27. The van der Waals surface area contributed by atoms with Crippen molar-refractivity contribution in [2.24, 2.45) is 5.92 Å². The molecule has 0 heterocycles. The molecule has 0 spiro atoms. The van der Waals surface area contributed by atoms with Gasteiger partial charge in [-0.15, -0.1) is 0 Å². The van der Waals surface area contributed by atoms with E-state index in [1.54, 1.807) is 7.05 Å². The summed E-state index contributed by atoms with van der Waals surface area (Å²) in [5.41, 5.74) is 0. The Morgan fingerprint density at radius 1 is 1.40 bits per heavy atom. The highest BCUT2D eigenvalue weighted by atomic mass is 19.4. The quantitative estimate of drug-likeness (QED) is 0.765. The molecule has 0 aliphatic heterocycles. The third-order valence-electron chi connectivity index (χ3n) is 1.67. The summed E-state index contributed by atoms with van der Waals surface area (Å²) in [4.78, 5) is 12.7. The minimum absolute atomic E-state index is 0.275. The van der Waals surface area contributed by atoms with E-state index in [4.69, 9.17) is 0 Å². The monoisotopic (exact) mass is 226 g/mol. The van der Waals surface area contributed by atoms with Gasteiger partial charge in [0, 0.05) is 13.6 Å². The van der Waals surface area contributed by atoms with Crippen LogP contribution < -0.4 is 5.32 Å². The van der Waals surface area contributed by atoms with Crippen LogP contribution in [0.3, 0.4) is 0 Å². The average Bonchev–Trinajstić information content (AvgIpc) is 2.00. The summed E-state index contributed by atoms with van der Waals surface area (Å²) in [6.45, 7) is 3.02. The van der Waals surface area contributed by atoms with Crippen LogP contribution in [-0.2, 0) is 4.79 Å². The van der Waals surface area contributed by atoms with Crippen molar-refractivity contribution in [3.05, 3.63) is 0 Å². The maximum absolute atomic E-state index is 11.7. The first kappa shape index (κ1) is 14.2. The Labute approximate surface area is 87.6 Å². The third kappa shape index (κ3) is 8.23. The number of carbonyl (C=O) groups excluding carboxylic acids is 1. The molecule has 15 heavy (non-hydrogen) atoms. The van der Waals surface area contributed by atoms with E-state index in [0.717, 1.165) is 0 Å². The molecule has 3 nitrogen and oxygen atoms in total. The number of likely N-dealkylation sites (N-methyl/N-ethyl adjacent to an activating group) is 1. The van der Waals surface area contributed by atoms with Crippen molar-refractivity contribution >= 4 is 5.91 Å². The van der Waals surface area contributed by atoms with Crippen molar-refractivity contribution in [2.75, 3.05) is 26.7 Å². The number of nitrogens with zero attached hydrogens (tertiary/aromatic N) is 1. The van der Waals surface area contributed by atoms with Gasteiger partial charge in [0.1, 0.15) is 0 Å². The van der Waals surface area contributed by atoms with Gasteiger partial charge in [0.05, 0.1) is 13.1 Å². The lowest BCUT2D eigenvalue weighted by Crippen LogP contribution is -2.40. The molecule has 0 saturated carbocycles. The molecular weight excluding hydrogens is 209 g/mol. The number of amides is 1. The van der Waals surface area contributed by atoms with Crippen molar-refractivity contribution in [3.8, 4) is 0 Å². The molecule has 0 atom stereocenters. The second-order valence-corrected chi connectivity index (χ2v) is 3.89. The SMILES string of the molecule is CC(C)CN(C)C(=O)CNCC(F)(F)F. The largest absolute Gasteiger partial charge is 0.401 e. The Bertz CT molecular complexity index is 204. The van der Waals surface area contributed by atoms with Crippen LogP contribution in [0.25, 0.3) is 0 Å². The van der Waals surface area contributed by atoms with Crippen molar-refractivity contribution < 1.29 is 18.0 Å². The third-order valence-corrected chi connectivity index (χ3v) is 1.67. The zero-order valence-electron chi connectivity index (χ0n) is 9.19. The van der Waals surface area contributed by atoms with Crippen LogP contribution in [0.5, 0.6) is 0 Å². The topological polar surface area (TPSA) is 32.3 Å². The number of rotatable bonds is 5. The van der Waals surface area contributed by atoms with Gasteiger partial charge in [0.2, 0.25) is 5.91 Å². The zero-order valence-corrected chi connectivity index (χ0v) is 9.19. The maximum Gasteiger partial charge on any atom is 0.401 e. The first-order valence-corrected chi connectivity index (χ1v) is 4.74. The van der Waals surface area contributed by atoms with Crippen molar-refractivity contribution in [1.29, 1.82) is 0 Å². The molecule has 0 aromatic heterocycles. The van der Waals surface area contributed by atoms with Crippen molar-refractivity contribution in [1.82, 2.24) is 10.2 Å². The van der Waals surface area contributed by atoms with E-state index < -0.39 is 12.7 Å². The molecule has 0 saturated heterocycles. The Hall–Kier alpha value is -0.780. The second kappa shape index (κ2) is 5.95. The summed E-state index contributed by atoms with van der Waals surface area (Å²) >= 11 is 0. The highest BCUT2D eigenvalue weighted by Gasteiger charge is 2.26. The Morgan fingerprint density at radius 2 is 1.93 bits per heavy atom. The van der Waals surface area contributed by atoms with E-state index in [2.05, 4.69) is 5.32 Å². The maximum atomic E-state index is 11.7. The summed E-state index contributed by atoms with van der Waals surface area (Å²) in [7, 11) is 1.58. The predicted molar refractivity (Wildman–Crippen MR) is 51.4 cm³/mol. The van der Waals surface area contributed by atoms with Gasteiger partial charge >= 0.3 is 6.18 Å². The van der Waals surface area contributed by atoms with E-state index in [-0.39, 0.29) is 12.5 Å². The normalized spacial score (nSPS) is 11.9. The lowest BCUT2D eigenvalue weighted by Gasteiger charge is -2.19. The van der Waals surface area contributed by atoms with Gasteiger partial charge in [0.25, 0.3) is 0 Å². The number of nitrogens with one attached hydrogen (secondary N) is 1. The molecule has 0 radical (unpaired) electrons. The Balaban J connectivity index is 3.74. The Kier molecular flexibility index (Phi) is 5.64. The van der Waals surface area contributed by atoms with Crippen molar-refractivity contribution in [3.63, 3.8) is 0 Å². The lowest BCUT2D eigenvalue weighted by molar-refractivity contribution is -0.133. The first-order valence-electron chi connectivity index (χ1n) is 4.74. The van der Waals surface area contributed by atoms with Crippen LogP contribution >= 0.6 is 0 Å². The van der Waals surface area contributed by atoms with E-state index in [0.29, 0.717) is 12.5 Å². The highest BCUT2D eigenvalue weighted by Crippen LogP contribution is 2.11. The summed E-state index contributed by atoms with van der Waals surface area (Å²) in [5.74, 6) is -0.0190. The molecule has 1 amide bonds. The van der Waals surface area contributed by atoms with Crippen LogP contribution in [0.2, 0.25) is 0 Å².